The molecule has 1 amide bonds. The largest absolute Gasteiger partial charge is 0.352 e. The molecule has 0 spiro atoms. The van der Waals surface area contributed by atoms with Gasteiger partial charge in [-0.05, 0) is 45.1 Å². The first-order valence-corrected chi connectivity index (χ1v) is 7.28. The summed E-state index contributed by atoms with van der Waals surface area (Å²) < 4.78 is 1.39. The first-order chi connectivity index (χ1) is 10.6. The van der Waals surface area contributed by atoms with Crippen LogP contribution in [0.5, 0.6) is 0 Å². The predicted octanol–water partition coefficient (Wildman–Crippen LogP) is 0.471. The molecule has 0 aliphatic rings. The highest BCUT2D eigenvalue weighted by Crippen LogP contribution is 2.11. The van der Waals surface area contributed by atoms with Gasteiger partial charge in [-0.25, -0.2) is 0 Å². The molecule has 0 radical (unpaired) electrons. The normalized spacial score (nSPS) is 10.3. The van der Waals surface area contributed by atoms with Gasteiger partial charge in [0.1, 0.15) is 0 Å². The zero-order chi connectivity index (χ0) is 16.1. The minimum Gasteiger partial charge on any atom is -0.352 e. The van der Waals surface area contributed by atoms with Crippen molar-refractivity contribution in [2.45, 2.75) is 19.9 Å². The number of hydrogen-bond acceptors (Lipinski definition) is 4. The van der Waals surface area contributed by atoms with E-state index in [-0.39, 0.29) is 18.3 Å². The van der Waals surface area contributed by atoms with Gasteiger partial charge in [-0.3, -0.25) is 14.4 Å². The Morgan fingerprint density at radius 1 is 1.26 bits per heavy atom. The van der Waals surface area contributed by atoms with Crippen molar-refractivity contribution in [3.8, 4) is 0 Å². The summed E-state index contributed by atoms with van der Waals surface area (Å²) in [7, 11) is 1.86. The molecule has 0 aliphatic carbocycles. The molecule has 1 aromatic heterocycles. The Labute approximate surface area is 139 Å². The Hall–Kier alpha value is -2.12. The van der Waals surface area contributed by atoms with Gasteiger partial charge in [0.2, 0.25) is 0 Å². The lowest BCUT2D eigenvalue weighted by Crippen LogP contribution is -2.36. The summed E-state index contributed by atoms with van der Waals surface area (Å²) in [6.07, 6.45) is 0.835. The van der Waals surface area contributed by atoms with E-state index in [0.29, 0.717) is 29.7 Å². The highest BCUT2D eigenvalue weighted by atomic mass is 35.5. The molecule has 7 nitrogen and oxygen atoms in total. The number of fused-ring (bicyclic) bond motifs is 1. The second kappa shape index (κ2) is 8.50. The summed E-state index contributed by atoms with van der Waals surface area (Å²) in [6.45, 7) is 3.59. The van der Waals surface area contributed by atoms with Crippen molar-refractivity contribution < 1.29 is 4.79 Å². The smallest absolute Gasteiger partial charge is 0.316 e. The van der Waals surface area contributed by atoms with Crippen LogP contribution in [0, 0.1) is 0 Å². The summed E-state index contributed by atoms with van der Waals surface area (Å²) in [6, 6.07) is 4.92. The summed E-state index contributed by atoms with van der Waals surface area (Å²) in [5.74, 6) is -0.201. The third-order valence-electron chi connectivity index (χ3n) is 3.44. The van der Waals surface area contributed by atoms with Crippen molar-refractivity contribution >= 4 is 29.3 Å². The van der Waals surface area contributed by atoms with Gasteiger partial charge in [-0.1, -0.05) is 0 Å². The van der Waals surface area contributed by atoms with Crippen molar-refractivity contribution in [2.24, 2.45) is 0 Å². The molecule has 8 heteroatoms. The third kappa shape index (κ3) is 4.20. The lowest BCUT2D eigenvalue weighted by atomic mass is 10.1. The van der Waals surface area contributed by atoms with E-state index in [1.807, 2.05) is 7.05 Å². The number of halogens is 1. The predicted molar refractivity (Wildman–Crippen MR) is 92.6 cm³/mol. The van der Waals surface area contributed by atoms with Crippen LogP contribution in [0.3, 0.4) is 0 Å². The monoisotopic (exact) mass is 340 g/mol. The van der Waals surface area contributed by atoms with Gasteiger partial charge in [-0.2, -0.15) is 0 Å². The number of carbonyl (C=O) groups excluding carboxylic acids is 1. The molecule has 126 valence electrons. The van der Waals surface area contributed by atoms with Crippen LogP contribution in [0.4, 0.5) is 0 Å². The summed E-state index contributed by atoms with van der Waals surface area (Å²) in [5.41, 5.74) is 0.280. The van der Waals surface area contributed by atoms with E-state index in [2.05, 4.69) is 15.6 Å². The molecule has 23 heavy (non-hydrogen) atoms. The van der Waals surface area contributed by atoms with Crippen molar-refractivity contribution in [2.75, 3.05) is 20.1 Å². The van der Waals surface area contributed by atoms with Crippen molar-refractivity contribution in [3.05, 3.63) is 44.5 Å². The molecule has 0 atom stereocenters. The Bertz CT molecular complexity index is 797. The molecule has 3 N–H and O–H groups in total. The second-order valence-corrected chi connectivity index (χ2v) is 4.95. The highest BCUT2D eigenvalue weighted by Gasteiger charge is 2.10. The summed E-state index contributed by atoms with van der Waals surface area (Å²) >= 11 is 0. The van der Waals surface area contributed by atoms with E-state index in [4.69, 9.17) is 0 Å². The number of carbonyl (C=O) groups is 1. The van der Waals surface area contributed by atoms with E-state index in [1.54, 1.807) is 25.1 Å². The third-order valence-corrected chi connectivity index (χ3v) is 3.44. The zero-order valence-corrected chi connectivity index (χ0v) is 14.0. The highest BCUT2D eigenvalue weighted by molar-refractivity contribution is 5.97. The number of amides is 1. The Morgan fingerprint density at radius 2 is 2.00 bits per heavy atom. The number of aromatic nitrogens is 2. The topological polar surface area (TPSA) is 96.0 Å². The van der Waals surface area contributed by atoms with Gasteiger partial charge in [0.25, 0.3) is 5.91 Å². The van der Waals surface area contributed by atoms with Crippen molar-refractivity contribution in [1.82, 2.24) is 20.2 Å². The van der Waals surface area contributed by atoms with Crippen LogP contribution in [0.25, 0.3) is 11.0 Å². The molecule has 0 aliphatic heterocycles. The van der Waals surface area contributed by atoms with Crippen LogP contribution in [0.2, 0.25) is 0 Å². The minimum absolute atomic E-state index is 0. The van der Waals surface area contributed by atoms with Crippen molar-refractivity contribution in [3.63, 3.8) is 0 Å². The molecule has 0 saturated carbocycles. The van der Waals surface area contributed by atoms with Gasteiger partial charge >= 0.3 is 11.1 Å². The maximum Gasteiger partial charge on any atom is 0.316 e. The molecular formula is C15H21ClN4O3. The Balaban J connectivity index is 0.00000264. The molecule has 2 aromatic rings. The van der Waals surface area contributed by atoms with Crippen LogP contribution in [-0.2, 0) is 6.54 Å². The number of rotatable bonds is 6. The van der Waals surface area contributed by atoms with E-state index in [9.17, 15) is 14.4 Å². The van der Waals surface area contributed by atoms with Crippen molar-refractivity contribution in [1.29, 1.82) is 0 Å². The molecule has 1 heterocycles. The molecule has 2 rings (SSSR count). The molecule has 0 saturated heterocycles. The van der Waals surface area contributed by atoms with E-state index in [1.165, 1.54) is 4.57 Å². The fourth-order valence-electron chi connectivity index (χ4n) is 2.30. The number of benzene rings is 1. The van der Waals surface area contributed by atoms with Crippen LogP contribution in [0.1, 0.15) is 23.7 Å². The zero-order valence-electron chi connectivity index (χ0n) is 13.1. The quantitative estimate of drug-likeness (QED) is 0.526. The maximum absolute atomic E-state index is 12.1. The van der Waals surface area contributed by atoms with Gasteiger partial charge < -0.3 is 20.2 Å². The summed E-state index contributed by atoms with van der Waals surface area (Å²) in [4.78, 5) is 38.0. The number of aromatic amines is 1. The fraction of sp³-hybridized carbons (Fsp3) is 0.400. The van der Waals surface area contributed by atoms with Crippen LogP contribution in [-0.4, -0.2) is 35.6 Å². The number of hydrogen-bond donors (Lipinski definition) is 3. The van der Waals surface area contributed by atoms with Gasteiger partial charge in [-0.15, -0.1) is 12.4 Å². The lowest BCUT2D eigenvalue weighted by Gasteiger charge is -2.09. The Kier molecular flexibility index (Phi) is 6.99. The number of H-pyrrole nitrogens is 1. The molecular weight excluding hydrogens is 320 g/mol. The average molecular weight is 341 g/mol. The molecule has 1 aromatic carbocycles. The van der Waals surface area contributed by atoms with Gasteiger partial charge in [0.15, 0.2) is 0 Å². The first-order valence-electron chi connectivity index (χ1n) is 7.28. The van der Waals surface area contributed by atoms with Crippen LogP contribution < -0.4 is 21.8 Å². The SMILES string of the molecule is CCn1c(=O)c(=O)[nH]c2cc(C(=O)NCCCNC)ccc21.Cl. The first kappa shape index (κ1) is 18.9. The van der Waals surface area contributed by atoms with Gasteiger partial charge in [0, 0.05) is 18.7 Å². The van der Waals surface area contributed by atoms with E-state index < -0.39 is 11.1 Å². The number of nitrogens with zero attached hydrogens (tertiary/aromatic N) is 1. The minimum atomic E-state index is -0.680. The molecule has 0 fully saturated rings. The van der Waals surface area contributed by atoms with Crippen LogP contribution in [0.15, 0.2) is 27.8 Å². The number of aryl methyl sites for hydroxylation is 1. The Morgan fingerprint density at radius 3 is 2.65 bits per heavy atom. The maximum atomic E-state index is 12.1. The fourth-order valence-corrected chi connectivity index (χ4v) is 2.30. The molecule has 0 bridgehead atoms. The molecule has 0 unspecified atom stereocenters. The second-order valence-electron chi connectivity index (χ2n) is 4.95. The summed E-state index contributed by atoms with van der Waals surface area (Å²) in [5, 5.41) is 5.82. The van der Waals surface area contributed by atoms with Gasteiger partial charge in [0.05, 0.1) is 11.0 Å². The van der Waals surface area contributed by atoms with Crippen LogP contribution >= 0.6 is 12.4 Å². The van der Waals surface area contributed by atoms with E-state index in [0.717, 1.165) is 13.0 Å². The standard InChI is InChI=1S/C15H20N4O3.ClH/c1-3-19-12-6-5-10(13(20)17-8-4-7-16-2)9-11(12)18-14(21)15(19)22;/h5-6,9,16H,3-4,7-8H2,1-2H3,(H,17,20)(H,18,21);1H. The van der Waals surface area contributed by atoms with E-state index >= 15 is 0 Å². The number of nitrogens with one attached hydrogen (secondary N) is 3. The average Bonchev–Trinajstić information content (AvgIpc) is 2.52. The lowest BCUT2D eigenvalue weighted by molar-refractivity contribution is 0.0953.